The van der Waals surface area contributed by atoms with Gasteiger partial charge in [-0.1, -0.05) is 0 Å². The number of thiazole rings is 1. The lowest BCUT2D eigenvalue weighted by Crippen LogP contribution is -2.14. The van der Waals surface area contributed by atoms with E-state index >= 15 is 0 Å². The van der Waals surface area contributed by atoms with Gasteiger partial charge in [0.05, 0.1) is 11.4 Å². The first-order valence-electron chi connectivity index (χ1n) is 5.31. The van der Waals surface area contributed by atoms with Gasteiger partial charge in [0, 0.05) is 4.88 Å². The molecule has 3 N–H and O–H groups in total. The predicted octanol–water partition coefficient (Wildman–Crippen LogP) is 2.28. The van der Waals surface area contributed by atoms with Crippen LogP contribution in [-0.4, -0.2) is 13.4 Å². The Labute approximate surface area is 114 Å². The van der Waals surface area contributed by atoms with Crippen molar-refractivity contribution in [3.05, 3.63) is 34.6 Å². The molecule has 102 valence electrons. The van der Waals surface area contributed by atoms with Gasteiger partial charge >= 0.3 is 0 Å². The molecule has 0 saturated heterocycles. The average molecular weight is 301 g/mol. The molecule has 1 aromatic carbocycles. The van der Waals surface area contributed by atoms with Gasteiger partial charge in [0.15, 0.2) is 5.13 Å². The zero-order valence-electron chi connectivity index (χ0n) is 10.3. The number of nitrogens with zero attached hydrogens (tertiary/aromatic N) is 1. The van der Waals surface area contributed by atoms with Crippen molar-refractivity contribution in [2.75, 3.05) is 10.5 Å². The normalized spacial score (nSPS) is 11.5. The van der Waals surface area contributed by atoms with Crippen molar-refractivity contribution in [3.8, 4) is 0 Å². The number of benzene rings is 1. The molecule has 0 amide bonds. The van der Waals surface area contributed by atoms with Crippen molar-refractivity contribution in [2.45, 2.75) is 18.7 Å². The molecule has 8 heteroatoms. The maximum absolute atomic E-state index is 12.9. The van der Waals surface area contributed by atoms with Gasteiger partial charge in [0.2, 0.25) is 0 Å². The van der Waals surface area contributed by atoms with Crippen molar-refractivity contribution in [2.24, 2.45) is 0 Å². The summed E-state index contributed by atoms with van der Waals surface area (Å²) in [7, 11) is -3.86. The Hall–Kier alpha value is -1.67. The molecular formula is C11H12FN3O2S2. The second-order valence-electron chi connectivity index (χ2n) is 3.95. The van der Waals surface area contributed by atoms with Crippen LogP contribution in [-0.2, 0) is 10.0 Å². The third kappa shape index (κ3) is 2.85. The summed E-state index contributed by atoms with van der Waals surface area (Å²) in [4.78, 5) is 4.84. The largest absolute Gasteiger partial charge is 0.398 e. The molecule has 0 spiro atoms. The lowest BCUT2D eigenvalue weighted by atomic mass is 10.3. The van der Waals surface area contributed by atoms with Crippen LogP contribution in [0.1, 0.15) is 10.6 Å². The minimum absolute atomic E-state index is 0.141. The second kappa shape index (κ2) is 4.78. The van der Waals surface area contributed by atoms with Gasteiger partial charge in [-0.2, -0.15) is 0 Å². The van der Waals surface area contributed by atoms with Crippen LogP contribution in [0.25, 0.3) is 0 Å². The van der Waals surface area contributed by atoms with Gasteiger partial charge in [-0.3, -0.25) is 4.72 Å². The monoisotopic (exact) mass is 301 g/mol. The molecule has 2 aromatic rings. The van der Waals surface area contributed by atoms with Gasteiger partial charge in [-0.05, 0) is 32.0 Å². The average Bonchev–Trinajstić information content (AvgIpc) is 2.56. The number of halogens is 1. The highest BCUT2D eigenvalue weighted by Gasteiger charge is 2.19. The summed E-state index contributed by atoms with van der Waals surface area (Å²) in [6.45, 7) is 3.63. The predicted molar refractivity (Wildman–Crippen MR) is 73.2 cm³/mol. The van der Waals surface area contributed by atoms with E-state index in [-0.39, 0.29) is 15.7 Å². The first kappa shape index (κ1) is 13.8. The standard InChI is InChI=1S/C11H12FN3O2S2/c1-6-7(2)18-11(14-6)15-19(16,17)10-4-3-8(12)5-9(10)13/h3-5H,13H2,1-2H3,(H,14,15). The number of aryl methyl sites for hydroxylation is 2. The van der Waals surface area contributed by atoms with Gasteiger partial charge in [0.1, 0.15) is 10.7 Å². The molecule has 1 heterocycles. The third-order valence-electron chi connectivity index (χ3n) is 2.51. The number of sulfonamides is 1. The fraction of sp³-hybridized carbons (Fsp3) is 0.182. The van der Waals surface area contributed by atoms with Crippen LogP contribution < -0.4 is 10.5 Å². The minimum atomic E-state index is -3.86. The molecule has 0 aliphatic rings. The highest BCUT2D eigenvalue weighted by Crippen LogP contribution is 2.26. The highest BCUT2D eigenvalue weighted by atomic mass is 32.2. The maximum atomic E-state index is 12.9. The van der Waals surface area contributed by atoms with E-state index in [1.54, 1.807) is 6.92 Å². The topological polar surface area (TPSA) is 85.1 Å². The summed E-state index contributed by atoms with van der Waals surface area (Å²) in [6, 6.07) is 3.14. The molecule has 0 radical (unpaired) electrons. The van der Waals surface area contributed by atoms with Gasteiger partial charge in [-0.15, -0.1) is 11.3 Å². The van der Waals surface area contributed by atoms with E-state index in [1.807, 2.05) is 6.92 Å². The molecule has 19 heavy (non-hydrogen) atoms. The number of nitrogen functional groups attached to an aromatic ring is 1. The number of hydrogen-bond donors (Lipinski definition) is 2. The van der Waals surface area contributed by atoms with Crippen molar-refractivity contribution in [3.63, 3.8) is 0 Å². The second-order valence-corrected chi connectivity index (χ2v) is 6.80. The van der Waals surface area contributed by atoms with E-state index in [0.29, 0.717) is 0 Å². The van der Waals surface area contributed by atoms with Crippen LogP contribution in [0, 0.1) is 19.7 Å². The summed E-state index contributed by atoms with van der Waals surface area (Å²) in [5.74, 6) is -0.586. The summed E-state index contributed by atoms with van der Waals surface area (Å²) in [5, 5.41) is 0.263. The molecule has 0 atom stereocenters. The Morgan fingerprint density at radius 1 is 1.37 bits per heavy atom. The van der Waals surface area contributed by atoms with Gasteiger partial charge in [0.25, 0.3) is 10.0 Å². The smallest absolute Gasteiger partial charge is 0.265 e. The first-order chi connectivity index (χ1) is 8.79. The molecule has 0 aliphatic heterocycles. The number of hydrogen-bond acceptors (Lipinski definition) is 5. The van der Waals surface area contributed by atoms with Crippen molar-refractivity contribution < 1.29 is 12.8 Å². The van der Waals surface area contributed by atoms with Gasteiger partial charge in [-0.25, -0.2) is 17.8 Å². The third-order valence-corrected chi connectivity index (χ3v) is 5.04. The van der Waals surface area contributed by atoms with Crippen LogP contribution in [0.2, 0.25) is 0 Å². The van der Waals surface area contributed by atoms with Crippen molar-refractivity contribution in [1.82, 2.24) is 4.98 Å². The van der Waals surface area contributed by atoms with Crippen LogP contribution in [0.5, 0.6) is 0 Å². The van der Waals surface area contributed by atoms with E-state index in [0.717, 1.165) is 28.8 Å². The molecule has 0 unspecified atom stereocenters. The summed E-state index contributed by atoms with van der Waals surface area (Å²) >= 11 is 1.23. The van der Waals surface area contributed by atoms with E-state index < -0.39 is 15.8 Å². The van der Waals surface area contributed by atoms with E-state index in [2.05, 4.69) is 9.71 Å². The SMILES string of the molecule is Cc1nc(NS(=O)(=O)c2ccc(F)cc2N)sc1C. The van der Waals surface area contributed by atoms with E-state index in [1.165, 1.54) is 11.3 Å². The summed E-state index contributed by atoms with van der Waals surface area (Å²) in [6.07, 6.45) is 0. The minimum Gasteiger partial charge on any atom is -0.398 e. The Kier molecular flexibility index (Phi) is 3.46. The van der Waals surface area contributed by atoms with E-state index in [9.17, 15) is 12.8 Å². The number of nitrogens with two attached hydrogens (primary N) is 1. The van der Waals surface area contributed by atoms with Crippen LogP contribution in [0.4, 0.5) is 15.2 Å². The molecule has 0 bridgehead atoms. The molecule has 0 fully saturated rings. The molecule has 0 aliphatic carbocycles. The highest BCUT2D eigenvalue weighted by molar-refractivity contribution is 7.93. The number of aromatic nitrogens is 1. The number of nitrogens with one attached hydrogen (secondary N) is 1. The summed E-state index contributed by atoms with van der Waals surface area (Å²) in [5.41, 5.74) is 6.14. The first-order valence-corrected chi connectivity index (χ1v) is 7.61. The fourth-order valence-corrected chi connectivity index (χ4v) is 3.61. The molecule has 1 aromatic heterocycles. The zero-order chi connectivity index (χ0) is 14.2. The molecular weight excluding hydrogens is 289 g/mol. The van der Waals surface area contributed by atoms with Crippen LogP contribution in [0.3, 0.4) is 0 Å². The van der Waals surface area contributed by atoms with Crippen LogP contribution in [0.15, 0.2) is 23.1 Å². The molecule has 2 rings (SSSR count). The van der Waals surface area contributed by atoms with Crippen molar-refractivity contribution in [1.29, 1.82) is 0 Å². The Morgan fingerprint density at radius 3 is 2.58 bits per heavy atom. The molecule has 5 nitrogen and oxygen atoms in total. The maximum Gasteiger partial charge on any atom is 0.265 e. The Morgan fingerprint density at radius 2 is 2.05 bits per heavy atom. The number of anilines is 2. The fourth-order valence-electron chi connectivity index (χ4n) is 1.45. The number of rotatable bonds is 3. The Balaban J connectivity index is 2.37. The lowest BCUT2D eigenvalue weighted by Gasteiger charge is -2.07. The van der Waals surface area contributed by atoms with Gasteiger partial charge < -0.3 is 5.73 Å². The molecule has 0 saturated carbocycles. The quantitative estimate of drug-likeness (QED) is 0.852. The van der Waals surface area contributed by atoms with Crippen molar-refractivity contribution >= 4 is 32.2 Å². The van der Waals surface area contributed by atoms with Crippen LogP contribution >= 0.6 is 11.3 Å². The van der Waals surface area contributed by atoms with E-state index in [4.69, 9.17) is 5.73 Å². The Bertz CT molecular complexity index is 706. The zero-order valence-corrected chi connectivity index (χ0v) is 11.9. The lowest BCUT2D eigenvalue weighted by molar-refractivity contribution is 0.600. The summed E-state index contributed by atoms with van der Waals surface area (Å²) < 4.78 is 39.5.